The standard InChI is InChI=1S/C40H37F3N6O8S/c1-21-34(24-10-11-28(27(20-24)40(41,42)43)45-35(52)23-8-9-23)48-39(58-21)47-32(51)19-22-4-2-5-25(18-22)57-17-16-56-15-14-44-29-7-3-6-26-33(29)38(55)49(37(26)54)30-12-13-31(50)46-36(30)53/h2-7,10-11,18,20,23,30,44H,8-9,12-17,19H2,1H3,(H,45,52)(H,46,50,53)(H,47,48,51). The van der Waals surface area contributed by atoms with Crippen LogP contribution in [-0.4, -0.2) is 77.7 Å². The first kappa shape index (κ1) is 40.1. The number of nitrogens with zero attached hydrogens (tertiary/aromatic N) is 2. The minimum atomic E-state index is -4.71. The maximum atomic E-state index is 14.0. The first-order chi connectivity index (χ1) is 27.8. The lowest BCUT2D eigenvalue weighted by Crippen LogP contribution is -2.54. The molecule has 18 heteroatoms. The zero-order chi connectivity index (χ0) is 41.1. The predicted octanol–water partition coefficient (Wildman–Crippen LogP) is 5.58. The number of halogens is 3. The van der Waals surface area contributed by atoms with Gasteiger partial charge < -0.3 is 25.4 Å². The lowest BCUT2D eigenvalue weighted by Gasteiger charge is -2.27. The average molecular weight is 819 g/mol. The number of imide groups is 2. The molecule has 3 aliphatic rings. The number of hydrogen-bond acceptors (Lipinski definition) is 11. The first-order valence-electron chi connectivity index (χ1n) is 18.4. The number of anilines is 3. The van der Waals surface area contributed by atoms with Crippen LogP contribution in [0.4, 0.5) is 29.7 Å². The van der Waals surface area contributed by atoms with E-state index in [1.165, 1.54) is 18.2 Å². The number of nitrogens with one attached hydrogen (secondary N) is 4. The van der Waals surface area contributed by atoms with Crippen LogP contribution < -0.4 is 26.0 Å². The van der Waals surface area contributed by atoms with Crippen molar-refractivity contribution in [1.82, 2.24) is 15.2 Å². The third-order valence-electron chi connectivity index (χ3n) is 9.64. The van der Waals surface area contributed by atoms with Crippen molar-refractivity contribution in [3.05, 3.63) is 87.8 Å². The molecule has 1 aliphatic carbocycles. The van der Waals surface area contributed by atoms with Crippen molar-refractivity contribution in [3.8, 4) is 17.0 Å². The molecule has 4 N–H and O–H groups in total. The van der Waals surface area contributed by atoms with E-state index in [1.807, 2.05) is 0 Å². The van der Waals surface area contributed by atoms with E-state index in [2.05, 4.69) is 26.3 Å². The van der Waals surface area contributed by atoms with Crippen molar-refractivity contribution in [2.75, 3.05) is 42.3 Å². The largest absolute Gasteiger partial charge is 0.491 e. The molecule has 58 heavy (non-hydrogen) atoms. The van der Waals surface area contributed by atoms with E-state index in [-0.39, 0.29) is 84.1 Å². The molecule has 2 fully saturated rings. The first-order valence-corrected chi connectivity index (χ1v) is 19.3. The minimum Gasteiger partial charge on any atom is -0.491 e. The number of thiazole rings is 1. The zero-order valence-electron chi connectivity index (χ0n) is 31.0. The molecule has 1 saturated carbocycles. The number of piperidine rings is 1. The van der Waals surface area contributed by atoms with E-state index in [9.17, 15) is 41.9 Å². The third-order valence-corrected chi connectivity index (χ3v) is 10.5. The molecule has 302 valence electrons. The maximum absolute atomic E-state index is 14.0. The van der Waals surface area contributed by atoms with Gasteiger partial charge in [-0.2, -0.15) is 13.2 Å². The van der Waals surface area contributed by atoms with Gasteiger partial charge in [-0.1, -0.05) is 24.3 Å². The summed E-state index contributed by atoms with van der Waals surface area (Å²) >= 11 is 1.13. The molecule has 3 aromatic carbocycles. The van der Waals surface area contributed by atoms with E-state index in [4.69, 9.17) is 9.47 Å². The molecule has 2 aliphatic heterocycles. The highest BCUT2D eigenvalue weighted by Gasteiger charge is 2.45. The van der Waals surface area contributed by atoms with Crippen molar-refractivity contribution in [2.45, 2.75) is 51.2 Å². The van der Waals surface area contributed by atoms with E-state index in [1.54, 1.807) is 43.3 Å². The summed E-state index contributed by atoms with van der Waals surface area (Å²) in [6.45, 7) is 2.63. The summed E-state index contributed by atoms with van der Waals surface area (Å²) in [6, 6.07) is 14.3. The Balaban J connectivity index is 0.862. The van der Waals surface area contributed by atoms with Crippen molar-refractivity contribution >= 4 is 63.3 Å². The van der Waals surface area contributed by atoms with E-state index in [0.717, 1.165) is 22.3 Å². The van der Waals surface area contributed by atoms with Crippen LogP contribution in [0.15, 0.2) is 60.7 Å². The highest BCUT2D eigenvalue weighted by Crippen LogP contribution is 2.40. The van der Waals surface area contributed by atoms with Crippen LogP contribution in [0.3, 0.4) is 0 Å². The van der Waals surface area contributed by atoms with Gasteiger partial charge in [0.2, 0.25) is 23.6 Å². The van der Waals surface area contributed by atoms with Gasteiger partial charge in [-0.25, -0.2) is 4.98 Å². The number of amides is 6. The smallest absolute Gasteiger partial charge is 0.418 e. The molecule has 1 saturated heterocycles. The fraction of sp³-hybridized carbons (Fsp3) is 0.325. The highest BCUT2D eigenvalue weighted by atomic mass is 32.1. The molecule has 0 bridgehead atoms. The molecule has 6 amide bonds. The molecule has 1 unspecified atom stereocenters. The molecule has 1 aromatic heterocycles. The third kappa shape index (κ3) is 9.02. The van der Waals surface area contributed by atoms with E-state index in [0.29, 0.717) is 41.3 Å². The number of rotatable bonds is 15. The Bertz CT molecular complexity index is 2310. The number of aromatic nitrogens is 1. The van der Waals surface area contributed by atoms with Crippen LogP contribution in [0.25, 0.3) is 11.3 Å². The van der Waals surface area contributed by atoms with Gasteiger partial charge >= 0.3 is 6.18 Å². The molecule has 3 heterocycles. The summed E-state index contributed by atoms with van der Waals surface area (Å²) in [7, 11) is 0. The number of benzene rings is 3. The average Bonchev–Trinajstić information content (AvgIpc) is 3.92. The SMILES string of the molecule is Cc1sc(NC(=O)Cc2cccc(OCCOCCNc3cccc4c3C(=O)N(C3CCC(=O)NC3=O)C4=O)c2)nc1-c1ccc(NC(=O)C2CC2)c(C(F)(F)F)c1. The number of carbonyl (C=O) groups excluding carboxylic acids is 6. The van der Waals surface area contributed by atoms with Crippen LogP contribution in [-0.2, 0) is 36.5 Å². The fourth-order valence-electron chi connectivity index (χ4n) is 6.67. The number of fused-ring (bicyclic) bond motifs is 1. The van der Waals surface area contributed by atoms with Gasteiger partial charge in [-0.3, -0.25) is 39.0 Å². The quantitative estimate of drug-likeness (QED) is 0.0873. The predicted molar refractivity (Wildman–Crippen MR) is 205 cm³/mol. The van der Waals surface area contributed by atoms with Crippen molar-refractivity contribution in [2.24, 2.45) is 5.92 Å². The Hall–Kier alpha value is -6.14. The van der Waals surface area contributed by atoms with Gasteiger partial charge in [0, 0.05) is 35.0 Å². The molecule has 4 aromatic rings. The second-order valence-electron chi connectivity index (χ2n) is 13.9. The second-order valence-corrected chi connectivity index (χ2v) is 15.1. The Morgan fingerprint density at radius 2 is 1.72 bits per heavy atom. The Labute approximate surface area is 333 Å². The summed E-state index contributed by atoms with van der Waals surface area (Å²) in [5.74, 6) is -2.92. The van der Waals surface area contributed by atoms with Gasteiger partial charge in [0.15, 0.2) is 5.13 Å². The molecular weight excluding hydrogens is 782 g/mol. The number of carbonyl (C=O) groups is 6. The Morgan fingerprint density at radius 1 is 0.931 bits per heavy atom. The Kier molecular flexibility index (Phi) is 11.6. The second kappa shape index (κ2) is 16.8. The molecule has 7 rings (SSSR count). The Morgan fingerprint density at radius 3 is 2.48 bits per heavy atom. The molecular formula is C40H37F3N6O8S. The fourth-order valence-corrected chi connectivity index (χ4v) is 7.52. The van der Waals surface area contributed by atoms with Crippen molar-refractivity contribution < 1.29 is 51.4 Å². The summed E-state index contributed by atoms with van der Waals surface area (Å²) in [6.07, 6.45) is -3.33. The van der Waals surface area contributed by atoms with Gasteiger partial charge in [-0.15, -0.1) is 11.3 Å². The lowest BCUT2D eigenvalue weighted by atomic mass is 10.0. The number of aryl methyl sites for hydroxylation is 1. The van der Waals surface area contributed by atoms with Crippen LogP contribution in [0, 0.1) is 12.8 Å². The van der Waals surface area contributed by atoms with E-state index >= 15 is 0 Å². The molecule has 1 atom stereocenters. The summed E-state index contributed by atoms with van der Waals surface area (Å²) in [5, 5.41) is 10.6. The normalized spacial score (nSPS) is 16.6. The molecule has 14 nitrogen and oxygen atoms in total. The summed E-state index contributed by atoms with van der Waals surface area (Å²) in [4.78, 5) is 81.3. The monoisotopic (exact) mass is 818 g/mol. The van der Waals surface area contributed by atoms with Crippen molar-refractivity contribution in [3.63, 3.8) is 0 Å². The summed E-state index contributed by atoms with van der Waals surface area (Å²) < 4.78 is 53.3. The maximum Gasteiger partial charge on any atom is 0.418 e. The van der Waals surface area contributed by atoms with Crippen LogP contribution in [0.5, 0.6) is 5.75 Å². The lowest BCUT2D eigenvalue weighted by molar-refractivity contribution is -0.137. The number of alkyl halides is 3. The van der Waals surface area contributed by atoms with Gasteiger partial charge in [-0.05, 0) is 68.1 Å². The van der Waals surface area contributed by atoms with Gasteiger partial charge in [0.05, 0.1) is 47.7 Å². The zero-order valence-corrected chi connectivity index (χ0v) is 31.8. The van der Waals surface area contributed by atoms with Crippen molar-refractivity contribution in [1.29, 1.82) is 0 Å². The topological polar surface area (TPSA) is 185 Å². The van der Waals surface area contributed by atoms with Gasteiger partial charge in [0.1, 0.15) is 18.4 Å². The summed E-state index contributed by atoms with van der Waals surface area (Å²) in [5.41, 5.74) is 0.580. The molecule has 0 radical (unpaired) electrons. The van der Waals surface area contributed by atoms with Gasteiger partial charge in [0.25, 0.3) is 11.8 Å². The van der Waals surface area contributed by atoms with Crippen LogP contribution >= 0.6 is 11.3 Å². The minimum absolute atomic E-state index is 0.0243. The van der Waals surface area contributed by atoms with E-state index < -0.39 is 47.3 Å². The highest BCUT2D eigenvalue weighted by molar-refractivity contribution is 7.16. The number of ether oxygens (including phenoxy) is 2. The van der Waals surface area contributed by atoms with Crippen LogP contribution in [0.1, 0.15) is 62.4 Å². The van der Waals surface area contributed by atoms with Crippen LogP contribution in [0.2, 0.25) is 0 Å². The molecule has 0 spiro atoms. The number of hydrogen-bond donors (Lipinski definition) is 4.